The summed E-state index contributed by atoms with van der Waals surface area (Å²) in [6, 6.07) is 0. The molecule has 64 valence electrons. The van der Waals surface area contributed by atoms with E-state index in [0.717, 1.165) is 6.42 Å². The van der Waals surface area contributed by atoms with Gasteiger partial charge in [0.25, 0.3) is 0 Å². The molecule has 1 unspecified atom stereocenters. The molecule has 0 aliphatic heterocycles. The molecular weight excluding hydrogens is 163 g/mol. The van der Waals surface area contributed by atoms with Crippen molar-refractivity contribution in [2.24, 2.45) is 0 Å². The Morgan fingerprint density at radius 2 is 2.18 bits per heavy atom. The molecule has 0 aromatic heterocycles. The first kappa shape index (κ1) is 10.6. The molecule has 0 saturated heterocycles. The molecule has 0 radical (unpaired) electrons. The van der Waals surface area contributed by atoms with E-state index in [0.29, 0.717) is 6.61 Å². The van der Waals surface area contributed by atoms with E-state index in [2.05, 4.69) is 0 Å². The summed E-state index contributed by atoms with van der Waals surface area (Å²) in [5.74, 6) is 1.67. The van der Waals surface area contributed by atoms with E-state index in [1.807, 2.05) is 6.92 Å². The van der Waals surface area contributed by atoms with Gasteiger partial charge in [0, 0.05) is 0 Å². The minimum atomic E-state index is -3.15. The van der Waals surface area contributed by atoms with E-state index < -0.39 is 7.52 Å². The molecule has 5 heteroatoms. The van der Waals surface area contributed by atoms with Crippen LogP contribution in [0.15, 0.2) is 0 Å². The van der Waals surface area contributed by atoms with E-state index in [4.69, 9.17) is 9.79 Å². The van der Waals surface area contributed by atoms with Crippen LogP contribution in [0.3, 0.4) is 0 Å². The Balaban J connectivity index is 4.16. The molecule has 0 aliphatic rings. The second-order valence-corrected chi connectivity index (χ2v) is 4.60. The van der Waals surface area contributed by atoms with Crippen LogP contribution in [0, 0.1) is 11.1 Å². The van der Waals surface area contributed by atoms with Crippen LogP contribution >= 0.6 is 7.52 Å². The Kier molecular flexibility index (Phi) is 4.36. The van der Waals surface area contributed by atoms with Crippen LogP contribution in [0.2, 0.25) is 0 Å². The average Bonchev–Trinajstić information content (AvgIpc) is 2.00. The minimum absolute atomic E-state index is 0.364. The average molecular weight is 176 g/mol. The summed E-state index contributed by atoms with van der Waals surface area (Å²) >= 11 is 0. The highest BCUT2D eigenvalue weighted by Gasteiger charge is 2.24. The maximum absolute atomic E-state index is 11.4. The SMILES string of the molecule is CCCOP(=O)(C#N)N(C)C. The van der Waals surface area contributed by atoms with Crippen LogP contribution in [0.25, 0.3) is 0 Å². The molecule has 4 nitrogen and oxygen atoms in total. The van der Waals surface area contributed by atoms with Crippen molar-refractivity contribution in [3.63, 3.8) is 0 Å². The molecule has 0 fully saturated rings. The lowest BCUT2D eigenvalue weighted by Gasteiger charge is -2.16. The number of hydrogen-bond acceptors (Lipinski definition) is 3. The van der Waals surface area contributed by atoms with Crippen molar-refractivity contribution in [1.29, 1.82) is 5.26 Å². The molecule has 0 aliphatic carbocycles. The zero-order chi connectivity index (χ0) is 8.91. The lowest BCUT2D eigenvalue weighted by Crippen LogP contribution is -2.09. The lowest BCUT2D eigenvalue weighted by molar-refractivity contribution is 0.290. The zero-order valence-electron chi connectivity index (χ0n) is 7.07. The van der Waals surface area contributed by atoms with Gasteiger partial charge < -0.3 is 4.52 Å². The largest absolute Gasteiger partial charge is 0.370 e. The van der Waals surface area contributed by atoms with Gasteiger partial charge in [-0.25, -0.2) is 4.67 Å². The number of nitrogens with zero attached hydrogens (tertiary/aromatic N) is 2. The summed E-state index contributed by atoms with van der Waals surface area (Å²) in [6.45, 7) is 2.26. The molecule has 0 bridgehead atoms. The van der Waals surface area contributed by atoms with Crippen LogP contribution in [0.4, 0.5) is 0 Å². The molecule has 0 amide bonds. The van der Waals surface area contributed by atoms with Crippen molar-refractivity contribution in [3.8, 4) is 5.81 Å². The summed E-state index contributed by atoms with van der Waals surface area (Å²) in [4.78, 5) is 0. The van der Waals surface area contributed by atoms with Gasteiger partial charge in [-0.1, -0.05) is 6.92 Å². The van der Waals surface area contributed by atoms with Crippen molar-refractivity contribution in [2.45, 2.75) is 13.3 Å². The second kappa shape index (κ2) is 4.50. The number of nitriles is 1. The summed E-state index contributed by atoms with van der Waals surface area (Å²) in [5.41, 5.74) is 0. The summed E-state index contributed by atoms with van der Waals surface area (Å²) in [5, 5.41) is 8.50. The predicted octanol–water partition coefficient (Wildman–Crippen LogP) is 1.65. The summed E-state index contributed by atoms with van der Waals surface area (Å²) in [6.07, 6.45) is 0.763. The second-order valence-electron chi connectivity index (χ2n) is 2.30. The normalized spacial score (nSPS) is 15.9. The first-order chi connectivity index (χ1) is 5.06. The fourth-order valence-electron chi connectivity index (χ4n) is 0.449. The van der Waals surface area contributed by atoms with Crippen LogP contribution in [0.5, 0.6) is 0 Å². The molecule has 0 heterocycles. The van der Waals surface area contributed by atoms with Crippen molar-refractivity contribution >= 4 is 7.52 Å². The molecular formula is C6H13N2O2P. The minimum Gasteiger partial charge on any atom is -0.307 e. The maximum Gasteiger partial charge on any atom is 0.370 e. The standard InChI is InChI=1S/C6H13N2O2P/c1-4-5-10-11(9,6-7)8(2)3/h4-5H2,1-3H3. The molecule has 0 N–H and O–H groups in total. The van der Waals surface area contributed by atoms with Gasteiger partial charge in [0.2, 0.25) is 0 Å². The Morgan fingerprint density at radius 3 is 2.45 bits per heavy atom. The van der Waals surface area contributed by atoms with Crippen molar-refractivity contribution in [2.75, 3.05) is 20.7 Å². The van der Waals surface area contributed by atoms with Crippen molar-refractivity contribution in [1.82, 2.24) is 4.67 Å². The molecule has 0 aromatic carbocycles. The van der Waals surface area contributed by atoms with Crippen molar-refractivity contribution in [3.05, 3.63) is 0 Å². The van der Waals surface area contributed by atoms with E-state index >= 15 is 0 Å². The highest BCUT2D eigenvalue weighted by atomic mass is 31.2. The molecule has 0 spiro atoms. The highest BCUT2D eigenvalue weighted by Crippen LogP contribution is 2.47. The van der Waals surface area contributed by atoms with Crippen molar-refractivity contribution < 1.29 is 9.09 Å². The molecule has 0 saturated carbocycles. The van der Waals surface area contributed by atoms with Gasteiger partial charge in [0.05, 0.1) is 6.61 Å². The first-order valence-corrected chi connectivity index (χ1v) is 4.98. The quantitative estimate of drug-likeness (QED) is 0.611. The van der Waals surface area contributed by atoms with Crippen LogP contribution in [0.1, 0.15) is 13.3 Å². The fourth-order valence-corrected chi connectivity index (χ4v) is 1.35. The van der Waals surface area contributed by atoms with Gasteiger partial charge in [0.1, 0.15) is 0 Å². The Labute approximate surface area is 67.3 Å². The lowest BCUT2D eigenvalue weighted by atomic mass is 10.5. The molecule has 11 heavy (non-hydrogen) atoms. The summed E-state index contributed by atoms with van der Waals surface area (Å²) in [7, 11) is -0.0116. The Morgan fingerprint density at radius 1 is 1.64 bits per heavy atom. The smallest absolute Gasteiger partial charge is 0.307 e. The molecule has 0 aromatic rings. The molecule has 1 atom stereocenters. The van der Waals surface area contributed by atoms with Gasteiger partial charge in [-0.2, -0.15) is 5.26 Å². The topological polar surface area (TPSA) is 53.3 Å². The zero-order valence-corrected chi connectivity index (χ0v) is 7.97. The van der Waals surface area contributed by atoms with Gasteiger partial charge in [0.15, 0.2) is 5.81 Å². The van der Waals surface area contributed by atoms with Crippen LogP contribution in [-0.4, -0.2) is 25.4 Å². The Bertz CT molecular complexity index is 197. The van der Waals surface area contributed by atoms with E-state index in [1.165, 1.54) is 4.67 Å². The van der Waals surface area contributed by atoms with E-state index in [-0.39, 0.29) is 0 Å². The summed E-state index contributed by atoms with van der Waals surface area (Å²) < 4.78 is 17.6. The van der Waals surface area contributed by atoms with Crippen LogP contribution in [-0.2, 0) is 9.09 Å². The maximum atomic E-state index is 11.4. The van der Waals surface area contributed by atoms with Gasteiger partial charge >= 0.3 is 7.52 Å². The van der Waals surface area contributed by atoms with E-state index in [1.54, 1.807) is 19.9 Å². The van der Waals surface area contributed by atoms with Gasteiger partial charge in [-0.05, 0) is 20.5 Å². The number of rotatable bonds is 4. The third kappa shape index (κ3) is 3.02. The van der Waals surface area contributed by atoms with E-state index in [9.17, 15) is 4.57 Å². The number of hydrogen-bond donors (Lipinski definition) is 0. The first-order valence-electron chi connectivity index (χ1n) is 3.40. The molecule has 0 rings (SSSR count). The monoisotopic (exact) mass is 176 g/mol. The third-order valence-corrected chi connectivity index (χ3v) is 2.96. The fraction of sp³-hybridized carbons (Fsp3) is 0.833. The predicted molar refractivity (Wildman–Crippen MR) is 43.1 cm³/mol. The third-order valence-electron chi connectivity index (χ3n) is 1.12. The highest BCUT2D eigenvalue weighted by molar-refractivity contribution is 7.61. The van der Waals surface area contributed by atoms with Gasteiger partial charge in [-0.15, -0.1) is 0 Å². The van der Waals surface area contributed by atoms with Crippen LogP contribution < -0.4 is 0 Å². The van der Waals surface area contributed by atoms with Gasteiger partial charge in [-0.3, -0.25) is 4.57 Å². The Hall–Kier alpha value is -0.360.